The maximum atomic E-state index is 12.2. The van der Waals surface area contributed by atoms with Gasteiger partial charge in [-0.1, -0.05) is 0 Å². The maximum Gasteiger partial charge on any atom is 0.286 e. The first-order valence-corrected chi connectivity index (χ1v) is 8.30. The fraction of sp³-hybridized carbons (Fsp3) is 0.333. The van der Waals surface area contributed by atoms with Crippen molar-refractivity contribution in [2.24, 2.45) is 0 Å². The minimum absolute atomic E-state index is 0.0843. The third kappa shape index (κ3) is 4.88. The number of nitro groups is 1. The van der Waals surface area contributed by atoms with Crippen molar-refractivity contribution in [2.75, 3.05) is 27.2 Å². The van der Waals surface area contributed by atoms with Gasteiger partial charge in [0.25, 0.3) is 11.6 Å². The number of nitrogens with one attached hydrogen (secondary N) is 2. The topological polar surface area (TPSA) is 116 Å². The van der Waals surface area contributed by atoms with Crippen LogP contribution >= 0.6 is 11.3 Å². The second kappa shape index (κ2) is 8.94. The van der Waals surface area contributed by atoms with Crippen molar-refractivity contribution in [3.05, 3.63) is 44.4 Å². The second-order valence-corrected chi connectivity index (χ2v) is 5.62. The molecule has 0 aliphatic carbocycles. The number of carbonyl (C=O) groups is 1. The first kappa shape index (κ1) is 18.6. The molecule has 2 N–H and O–H groups in total. The molecule has 0 aliphatic rings. The van der Waals surface area contributed by atoms with Crippen molar-refractivity contribution in [2.45, 2.75) is 6.61 Å². The van der Waals surface area contributed by atoms with Gasteiger partial charge in [0.15, 0.2) is 11.5 Å². The summed E-state index contributed by atoms with van der Waals surface area (Å²) in [7, 11) is 3.14. The van der Waals surface area contributed by atoms with Crippen LogP contribution in [0.2, 0.25) is 0 Å². The Morgan fingerprint density at radius 1 is 1.36 bits per heavy atom. The van der Waals surface area contributed by atoms with Gasteiger partial charge in [-0.2, -0.15) is 0 Å². The molecular weight excluding hydrogens is 348 g/mol. The summed E-state index contributed by atoms with van der Waals surface area (Å²) in [6.07, 6.45) is 0. The summed E-state index contributed by atoms with van der Waals surface area (Å²) in [6, 6.07) is 2.50. The normalized spacial score (nSPS) is 10.3. The number of aromatic nitrogens is 1. The molecule has 10 heteroatoms. The molecule has 9 nitrogen and oxygen atoms in total. The molecule has 0 saturated carbocycles. The van der Waals surface area contributed by atoms with E-state index in [0.29, 0.717) is 18.8 Å². The summed E-state index contributed by atoms with van der Waals surface area (Å²) in [5.41, 5.74) is 1.93. The Morgan fingerprint density at radius 2 is 2.16 bits per heavy atom. The number of nitro benzene ring substituents is 1. The van der Waals surface area contributed by atoms with Crippen LogP contribution in [0.4, 0.5) is 5.69 Å². The SMILES string of the molecule is CNCCNC(=O)c1cc(OC)c(OCc2cscn2)cc1[N+](=O)[O-]. The van der Waals surface area contributed by atoms with E-state index in [1.165, 1.54) is 30.6 Å². The number of thiazole rings is 1. The van der Waals surface area contributed by atoms with Crippen LogP contribution in [0.15, 0.2) is 23.0 Å². The van der Waals surface area contributed by atoms with E-state index in [-0.39, 0.29) is 29.4 Å². The average Bonchev–Trinajstić information content (AvgIpc) is 3.12. The number of methoxy groups -OCH3 is 1. The van der Waals surface area contributed by atoms with Crippen LogP contribution in [0.5, 0.6) is 11.5 Å². The van der Waals surface area contributed by atoms with Gasteiger partial charge in [0.05, 0.1) is 29.3 Å². The quantitative estimate of drug-likeness (QED) is 0.393. The summed E-state index contributed by atoms with van der Waals surface area (Å²) in [5.74, 6) is -0.139. The van der Waals surface area contributed by atoms with Gasteiger partial charge in [-0.05, 0) is 7.05 Å². The van der Waals surface area contributed by atoms with Crippen molar-refractivity contribution in [3.63, 3.8) is 0 Å². The van der Waals surface area contributed by atoms with Crippen LogP contribution < -0.4 is 20.1 Å². The zero-order chi connectivity index (χ0) is 18.2. The van der Waals surface area contributed by atoms with E-state index in [2.05, 4.69) is 15.6 Å². The van der Waals surface area contributed by atoms with Crippen LogP contribution in [0, 0.1) is 10.1 Å². The lowest BCUT2D eigenvalue weighted by atomic mass is 10.1. The highest BCUT2D eigenvalue weighted by Gasteiger charge is 2.24. The molecule has 0 unspecified atom stereocenters. The Balaban J connectivity index is 2.27. The Hall–Kier alpha value is -2.72. The molecule has 1 aromatic carbocycles. The van der Waals surface area contributed by atoms with Gasteiger partial charge in [0.2, 0.25) is 0 Å². The van der Waals surface area contributed by atoms with E-state index < -0.39 is 10.8 Å². The van der Waals surface area contributed by atoms with E-state index in [0.717, 1.165) is 0 Å². The molecule has 1 amide bonds. The van der Waals surface area contributed by atoms with Gasteiger partial charge in [0.1, 0.15) is 12.2 Å². The molecule has 0 spiro atoms. The molecule has 134 valence electrons. The summed E-state index contributed by atoms with van der Waals surface area (Å²) in [4.78, 5) is 27.0. The predicted octanol–water partition coefficient (Wildman–Crippen LogP) is 1.59. The van der Waals surface area contributed by atoms with Gasteiger partial charge in [-0.15, -0.1) is 11.3 Å². The highest BCUT2D eigenvalue weighted by Crippen LogP contribution is 2.35. The molecular formula is C15H18N4O5S. The van der Waals surface area contributed by atoms with Gasteiger partial charge >= 0.3 is 0 Å². The van der Waals surface area contributed by atoms with Crippen LogP contribution in [-0.2, 0) is 6.61 Å². The van der Waals surface area contributed by atoms with Gasteiger partial charge in [0, 0.05) is 24.5 Å². The van der Waals surface area contributed by atoms with Crippen molar-refractivity contribution in [1.82, 2.24) is 15.6 Å². The fourth-order valence-corrected chi connectivity index (χ4v) is 2.55. The lowest BCUT2D eigenvalue weighted by molar-refractivity contribution is -0.385. The molecule has 0 saturated heterocycles. The van der Waals surface area contributed by atoms with E-state index >= 15 is 0 Å². The summed E-state index contributed by atoms with van der Waals surface area (Å²) in [6.45, 7) is 1.03. The summed E-state index contributed by atoms with van der Waals surface area (Å²) < 4.78 is 10.8. The Morgan fingerprint density at radius 3 is 2.76 bits per heavy atom. The largest absolute Gasteiger partial charge is 0.493 e. The molecule has 25 heavy (non-hydrogen) atoms. The predicted molar refractivity (Wildman–Crippen MR) is 92.4 cm³/mol. The van der Waals surface area contributed by atoms with Gasteiger partial charge in [-0.25, -0.2) is 4.98 Å². The summed E-state index contributed by atoms with van der Waals surface area (Å²) in [5, 5.41) is 18.6. The molecule has 2 aromatic rings. The lowest BCUT2D eigenvalue weighted by Gasteiger charge is -2.12. The Bertz CT molecular complexity index is 736. The third-order valence-corrected chi connectivity index (χ3v) is 3.88. The minimum Gasteiger partial charge on any atom is -0.493 e. The summed E-state index contributed by atoms with van der Waals surface area (Å²) >= 11 is 1.42. The number of carbonyl (C=O) groups excluding carboxylic acids is 1. The van der Waals surface area contributed by atoms with Crippen LogP contribution in [0.1, 0.15) is 16.1 Å². The third-order valence-electron chi connectivity index (χ3n) is 3.24. The number of rotatable bonds is 9. The van der Waals surface area contributed by atoms with Crippen LogP contribution in [-0.4, -0.2) is 43.1 Å². The first-order chi connectivity index (χ1) is 12.1. The number of benzene rings is 1. The molecule has 0 aliphatic heterocycles. The number of nitrogens with zero attached hydrogens (tertiary/aromatic N) is 2. The second-order valence-electron chi connectivity index (χ2n) is 4.91. The maximum absolute atomic E-state index is 12.2. The lowest BCUT2D eigenvalue weighted by Crippen LogP contribution is -2.30. The Kier molecular flexibility index (Phi) is 6.66. The number of ether oxygens (including phenoxy) is 2. The monoisotopic (exact) mass is 366 g/mol. The van der Waals surface area contributed by atoms with Crippen LogP contribution in [0.25, 0.3) is 0 Å². The molecule has 0 fully saturated rings. The number of hydrogen-bond acceptors (Lipinski definition) is 8. The highest BCUT2D eigenvalue weighted by molar-refractivity contribution is 7.07. The van der Waals surface area contributed by atoms with Gasteiger partial charge < -0.3 is 20.1 Å². The number of likely N-dealkylation sites (N-methyl/N-ethyl adjacent to an activating group) is 1. The molecule has 0 radical (unpaired) electrons. The average molecular weight is 366 g/mol. The zero-order valence-corrected chi connectivity index (χ0v) is 14.6. The molecule has 0 atom stereocenters. The van der Waals surface area contributed by atoms with Crippen molar-refractivity contribution >= 4 is 22.9 Å². The Labute approximate surface area is 148 Å². The van der Waals surface area contributed by atoms with E-state index in [1.807, 2.05) is 5.38 Å². The van der Waals surface area contributed by atoms with E-state index in [1.54, 1.807) is 12.6 Å². The van der Waals surface area contributed by atoms with Crippen molar-refractivity contribution in [1.29, 1.82) is 0 Å². The molecule has 2 rings (SSSR count). The number of hydrogen-bond donors (Lipinski definition) is 2. The smallest absolute Gasteiger partial charge is 0.286 e. The van der Waals surface area contributed by atoms with E-state index in [4.69, 9.17) is 9.47 Å². The molecule has 1 heterocycles. The first-order valence-electron chi connectivity index (χ1n) is 7.36. The van der Waals surface area contributed by atoms with Crippen molar-refractivity contribution in [3.8, 4) is 11.5 Å². The number of amides is 1. The fourth-order valence-electron chi connectivity index (χ4n) is 2.01. The minimum atomic E-state index is -0.623. The van der Waals surface area contributed by atoms with Gasteiger partial charge in [-0.3, -0.25) is 14.9 Å². The van der Waals surface area contributed by atoms with E-state index in [9.17, 15) is 14.9 Å². The van der Waals surface area contributed by atoms with Crippen LogP contribution in [0.3, 0.4) is 0 Å². The zero-order valence-electron chi connectivity index (χ0n) is 13.8. The molecule has 1 aromatic heterocycles. The highest BCUT2D eigenvalue weighted by atomic mass is 32.1. The standard InChI is InChI=1S/C15H18N4O5S/c1-16-3-4-17-15(20)11-5-13(23-2)14(6-12(11)19(21)22)24-7-10-8-25-9-18-10/h5-6,8-9,16H,3-4,7H2,1-2H3,(H,17,20). The molecule has 0 bridgehead atoms. The van der Waals surface area contributed by atoms with Crippen molar-refractivity contribution < 1.29 is 19.2 Å².